The van der Waals surface area contributed by atoms with Crippen LogP contribution < -0.4 is 5.73 Å². The fourth-order valence-electron chi connectivity index (χ4n) is 2.27. The van der Waals surface area contributed by atoms with E-state index in [1.807, 2.05) is 49.6 Å². The van der Waals surface area contributed by atoms with Gasteiger partial charge in [-0.15, -0.1) is 0 Å². The zero-order valence-corrected chi connectivity index (χ0v) is 13.8. The summed E-state index contributed by atoms with van der Waals surface area (Å²) in [6.07, 6.45) is 5.52. The standard InChI is InChI=1S/C17H21BrN2O/c1-13(19)17(15-6-2-3-7-16(15)18)21-12-4-5-14-8-10-20-11-9-14/h2-3,6-11,13,17H,4-5,12,19H2,1H3. The second-order valence-corrected chi connectivity index (χ2v) is 5.99. The number of benzene rings is 1. The molecule has 4 heteroatoms. The number of nitrogens with two attached hydrogens (primary N) is 1. The maximum Gasteiger partial charge on any atom is 0.0983 e. The van der Waals surface area contributed by atoms with E-state index >= 15 is 0 Å². The van der Waals surface area contributed by atoms with Gasteiger partial charge in [-0.2, -0.15) is 0 Å². The Morgan fingerprint density at radius 3 is 2.57 bits per heavy atom. The van der Waals surface area contributed by atoms with Crippen LogP contribution in [0.5, 0.6) is 0 Å². The van der Waals surface area contributed by atoms with Crippen LogP contribution in [-0.4, -0.2) is 17.6 Å². The molecule has 0 saturated heterocycles. The van der Waals surface area contributed by atoms with Crippen LogP contribution in [0.25, 0.3) is 0 Å². The quantitative estimate of drug-likeness (QED) is 0.772. The van der Waals surface area contributed by atoms with Gasteiger partial charge in [-0.3, -0.25) is 4.98 Å². The van der Waals surface area contributed by atoms with E-state index in [1.54, 1.807) is 0 Å². The first-order valence-corrected chi connectivity index (χ1v) is 7.98. The van der Waals surface area contributed by atoms with Crippen molar-refractivity contribution in [1.29, 1.82) is 0 Å². The number of hydrogen-bond acceptors (Lipinski definition) is 3. The monoisotopic (exact) mass is 348 g/mol. The Morgan fingerprint density at radius 1 is 1.19 bits per heavy atom. The zero-order chi connectivity index (χ0) is 15.1. The molecule has 112 valence electrons. The number of halogens is 1. The summed E-state index contributed by atoms with van der Waals surface area (Å²) in [5, 5.41) is 0. The van der Waals surface area contributed by atoms with E-state index in [1.165, 1.54) is 5.56 Å². The minimum atomic E-state index is -0.0852. The summed E-state index contributed by atoms with van der Waals surface area (Å²) in [5.41, 5.74) is 8.47. The van der Waals surface area contributed by atoms with Crippen LogP contribution in [0.3, 0.4) is 0 Å². The first-order chi connectivity index (χ1) is 10.2. The maximum absolute atomic E-state index is 6.08. The molecule has 0 fully saturated rings. The van der Waals surface area contributed by atoms with Crippen molar-refractivity contribution in [3.05, 3.63) is 64.4 Å². The molecule has 1 aromatic heterocycles. The van der Waals surface area contributed by atoms with Crippen molar-refractivity contribution < 1.29 is 4.74 Å². The van der Waals surface area contributed by atoms with E-state index in [-0.39, 0.29) is 12.1 Å². The molecule has 0 bridgehead atoms. The molecule has 2 atom stereocenters. The van der Waals surface area contributed by atoms with Gasteiger partial charge in [-0.1, -0.05) is 34.1 Å². The zero-order valence-electron chi connectivity index (χ0n) is 12.2. The Kier molecular flexibility index (Phi) is 6.36. The lowest BCUT2D eigenvalue weighted by Gasteiger charge is -2.23. The van der Waals surface area contributed by atoms with E-state index in [2.05, 4.69) is 27.0 Å². The number of ether oxygens (including phenoxy) is 1. The molecule has 0 saturated carbocycles. The summed E-state index contributed by atoms with van der Waals surface area (Å²) >= 11 is 3.57. The van der Waals surface area contributed by atoms with Crippen LogP contribution in [-0.2, 0) is 11.2 Å². The predicted octanol–water partition coefficient (Wildman–Crippen LogP) is 3.88. The molecular formula is C17H21BrN2O. The highest BCUT2D eigenvalue weighted by Gasteiger charge is 2.18. The van der Waals surface area contributed by atoms with E-state index < -0.39 is 0 Å². The Balaban J connectivity index is 1.88. The normalized spacial score (nSPS) is 13.9. The van der Waals surface area contributed by atoms with Gasteiger partial charge in [0.25, 0.3) is 0 Å². The van der Waals surface area contributed by atoms with Gasteiger partial charge in [0.1, 0.15) is 0 Å². The average Bonchev–Trinajstić information content (AvgIpc) is 2.49. The minimum absolute atomic E-state index is 0.0513. The Labute approximate surface area is 134 Å². The summed E-state index contributed by atoms with van der Waals surface area (Å²) in [6, 6.07) is 12.1. The van der Waals surface area contributed by atoms with Gasteiger partial charge in [-0.05, 0) is 49.1 Å². The highest BCUT2D eigenvalue weighted by atomic mass is 79.9. The summed E-state index contributed by atoms with van der Waals surface area (Å²) in [4.78, 5) is 4.02. The third kappa shape index (κ3) is 4.92. The highest BCUT2D eigenvalue weighted by molar-refractivity contribution is 9.10. The third-order valence-electron chi connectivity index (χ3n) is 3.35. The Hall–Kier alpha value is -1.23. The van der Waals surface area contributed by atoms with Crippen molar-refractivity contribution in [3.63, 3.8) is 0 Å². The Bertz CT molecular complexity index is 545. The third-order valence-corrected chi connectivity index (χ3v) is 4.07. The second-order valence-electron chi connectivity index (χ2n) is 5.13. The molecular weight excluding hydrogens is 328 g/mol. The lowest BCUT2D eigenvalue weighted by atomic mass is 10.0. The molecule has 2 unspecified atom stereocenters. The predicted molar refractivity (Wildman–Crippen MR) is 89.0 cm³/mol. The fourth-order valence-corrected chi connectivity index (χ4v) is 2.78. The topological polar surface area (TPSA) is 48.1 Å². The number of aryl methyl sites for hydroxylation is 1. The second kappa shape index (κ2) is 8.27. The molecule has 2 N–H and O–H groups in total. The molecule has 2 aromatic rings. The van der Waals surface area contributed by atoms with E-state index in [0.29, 0.717) is 6.61 Å². The Morgan fingerprint density at radius 2 is 1.90 bits per heavy atom. The molecule has 0 amide bonds. The molecule has 0 radical (unpaired) electrons. The van der Waals surface area contributed by atoms with Crippen molar-refractivity contribution in [2.24, 2.45) is 5.73 Å². The number of rotatable bonds is 7. The smallest absolute Gasteiger partial charge is 0.0983 e. The number of pyridine rings is 1. The van der Waals surface area contributed by atoms with Gasteiger partial charge in [0.15, 0.2) is 0 Å². The van der Waals surface area contributed by atoms with Crippen molar-refractivity contribution in [3.8, 4) is 0 Å². The number of hydrogen-bond donors (Lipinski definition) is 1. The lowest BCUT2D eigenvalue weighted by Crippen LogP contribution is -2.27. The largest absolute Gasteiger partial charge is 0.372 e. The van der Waals surface area contributed by atoms with Crippen molar-refractivity contribution in [2.75, 3.05) is 6.61 Å². The first kappa shape index (κ1) is 16.1. The first-order valence-electron chi connectivity index (χ1n) is 7.19. The van der Waals surface area contributed by atoms with Crippen LogP contribution in [0.4, 0.5) is 0 Å². The van der Waals surface area contributed by atoms with Crippen LogP contribution >= 0.6 is 15.9 Å². The lowest BCUT2D eigenvalue weighted by molar-refractivity contribution is 0.0365. The van der Waals surface area contributed by atoms with Gasteiger partial charge in [0, 0.05) is 29.5 Å². The molecule has 0 spiro atoms. The molecule has 2 rings (SSSR count). The minimum Gasteiger partial charge on any atom is -0.372 e. The fraction of sp³-hybridized carbons (Fsp3) is 0.353. The van der Waals surface area contributed by atoms with Gasteiger partial charge in [0.2, 0.25) is 0 Å². The van der Waals surface area contributed by atoms with Crippen LogP contribution in [0.15, 0.2) is 53.3 Å². The molecule has 21 heavy (non-hydrogen) atoms. The van der Waals surface area contributed by atoms with Gasteiger partial charge < -0.3 is 10.5 Å². The van der Waals surface area contributed by atoms with Crippen LogP contribution in [0, 0.1) is 0 Å². The van der Waals surface area contributed by atoms with E-state index in [4.69, 9.17) is 10.5 Å². The van der Waals surface area contributed by atoms with Crippen LogP contribution in [0.1, 0.15) is 30.6 Å². The number of nitrogens with zero attached hydrogens (tertiary/aromatic N) is 1. The van der Waals surface area contributed by atoms with Gasteiger partial charge >= 0.3 is 0 Å². The molecule has 1 heterocycles. The summed E-state index contributed by atoms with van der Waals surface area (Å²) in [7, 11) is 0. The van der Waals surface area contributed by atoms with E-state index in [0.717, 1.165) is 22.9 Å². The van der Waals surface area contributed by atoms with Crippen molar-refractivity contribution in [2.45, 2.75) is 31.9 Å². The molecule has 0 aliphatic rings. The average molecular weight is 349 g/mol. The number of aromatic nitrogens is 1. The summed E-state index contributed by atoms with van der Waals surface area (Å²) in [6.45, 7) is 2.67. The molecule has 0 aliphatic carbocycles. The summed E-state index contributed by atoms with van der Waals surface area (Å²) < 4.78 is 7.06. The van der Waals surface area contributed by atoms with Gasteiger partial charge in [-0.25, -0.2) is 0 Å². The molecule has 3 nitrogen and oxygen atoms in total. The molecule has 1 aromatic carbocycles. The highest BCUT2D eigenvalue weighted by Crippen LogP contribution is 2.27. The summed E-state index contributed by atoms with van der Waals surface area (Å²) in [5.74, 6) is 0. The SMILES string of the molecule is CC(N)C(OCCCc1ccncc1)c1ccccc1Br. The maximum atomic E-state index is 6.08. The van der Waals surface area contributed by atoms with Crippen LogP contribution in [0.2, 0.25) is 0 Å². The van der Waals surface area contributed by atoms with Crippen molar-refractivity contribution in [1.82, 2.24) is 4.98 Å². The van der Waals surface area contributed by atoms with Gasteiger partial charge in [0.05, 0.1) is 6.10 Å². The molecule has 0 aliphatic heterocycles. The van der Waals surface area contributed by atoms with E-state index in [9.17, 15) is 0 Å². The van der Waals surface area contributed by atoms with Crippen molar-refractivity contribution >= 4 is 15.9 Å².